The van der Waals surface area contributed by atoms with Crippen LogP contribution < -0.4 is 0 Å². The highest BCUT2D eigenvalue weighted by Gasteiger charge is 2.42. The number of ether oxygens (including phenoxy) is 2. The SMILES string of the molecule is CCCC(C)(Cc1ccccc1)OC(=O)N1CC[C@@H]2CC1[C@@H](O)CO2. The smallest absolute Gasteiger partial charge is 0.410 e. The van der Waals surface area contributed by atoms with E-state index in [4.69, 9.17) is 9.47 Å². The number of rotatable bonds is 5. The summed E-state index contributed by atoms with van der Waals surface area (Å²) in [5, 5.41) is 10.2. The van der Waals surface area contributed by atoms with Crippen molar-refractivity contribution in [3.63, 3.8) is 0 Å². The molecule has 1 amide bonds. The third-order valence-electron chi connectivity index (χ3n) is 5.31. The summed E-state index contributed by atoms with van der Waals surface area (Å²) in [4.78, 5) is 14.6. The maximum Gasteiger partial charge on any atom is 0.410 e. The zero-order valence-corrected chi connectivity index (χ0v) is 15.2. The Morgan fingerprint density at radius 1 is 1.40 bits per heavy atom. The molecule has 0 saturated carbocycles. The molecular formula is C20H29NO4. The lowest BCUT2D eigenvalue weighted by atomic mass is 9.91. The number of aliphatic hydroxyl groups excluding tert-OH is 1. The number of likely N-dealkylation sites (tertiary alicyclic amines) is 1. The molecule has 5 heteroatoms. The topological polar surface area (TPSA) is 59.0 Å². The molecule has 0 aromatic heterocycles. The largest absolute Gasteiger partial charge is 0.443 e. The quantitative estimate of drug-likeness (QED) is 0.889. The van der Waals surface area contributed by atoms with Gasteiger partial charge in [0.05, 0.1) is 24.9 Å². The van der Waals surface area contributed by atoms with Crippen LogP contribution in [0.2, 0.25) is 0 Å². The van der Waals surface area contributed by atoms with E-state index in [1.54, 1.807) is 4.90 Å². The highest BCUT2D eigenvalue weighted by Crippen LogP contribution is 2.30. The van der Waals surface area contributed by atoms with Gasteiger partial charge < -0.3 is 19.5 Å². The third kappa shape index (κ3) is 4.33. The zero-order valence-electron chi connectivity index (χ0n) is 15.2. The molecule has 0 radical (unpaired) electrons. The summed E-state index contributed by atoms with van der Waals surface area (Å²) in [6.45, 7) is 4.99. The molecule has 2 heterocycles. The Kier molecular flexibility index (Phi) is 5.64. The van der Waals surface area contributed by atoms with Crippen LogP contribution in [0.4, 0.5) is 4.79 Å². The number of piperidine rings is 1. The van der Waals surface area contributed by atoms with Gasteiger partial charge in [-0.25, -0.2) is 4.79 Å². The predicted molar refractivity (Wildman–Crippen MR) is 95.4 cm³/mol. The second-order valence-corrected chi connectivity index (χ2v) is 7.54. The van der Waals surface area contributed by atoms with Crippen LogP contribution in [0.5, 0.6) is 0 Å². The lowest BCUT2D eigenvalue weighted by molar-refractivity contribution is -0.129. The van der Waals surface area contributed by atoms with Crippen molar-refractivity contribution in [1.82, 2.24) is 4.90 Å². The van der Waals surface area contributed by atoms with Crippen LogP contribution in [0.15, 0.2) is 30.3 Å². The predicted octanol–water partition coefficient (Wildman–Crippen LogP) is 3.15. The number of nitrogens with zero attached hydrogens (tertiary/aromatic N) is 1. The van der Waals surface area contributed by atoms with Gasteiger partial charge in [0.1, 0.15) is 5.60 Å². The van der Waals surface area contributed by atoms with Crippen LogP contribution >= 0.6 is 0 Å². The Morgan fingerprint density at radius 3 is 2.88 bits per heavy atom. The Morgan fingerprint density at radius 2 is 2.16 bits per heavy atom. The van der Waals surface area contributed by atoms with Gasteiger partial charge in [-0.05, 0) is 31.7 Å². The molecule has 1 N–H and O–H groups in total. The fourth-order valence-corrected chi connectivity index (χ4v) is 4.05. The van der Waals surface area contributed by atoms with Crippen LogP contribution in [-0.4, -0.2) is 53.1 Å². The van der Waals surface area contributed by atoms with E-state index in [9.17, 15) is 9.90 Å². The van der Waals surface area contributed by atoms with Gasteiger partial charge in [0, 0.05) is 13.0 Å². The van der Waals surface area contributed by atoms with Crippen molar-refractivity contribution in [2.45, 2.75) is 69.8 Å². The van der Waals surface area contributed by atoms with Gasteiger partial charge >= 0.3 is 6.09 Å². The normalized spacial score (nSPS) is 28.3. The lowest BCUT2D eigenvalue weighted by Crippen LogP contribution is -2.58. The van der Waals surface area contributed by atoms with E-state index in [1.165, 1.54) is 0 Å². The minimum atomic E-state index is -0.629. The average molecular weight is 347 g/mol. The van der Waals surface area contributed by atoms with Gasteiger partial charge in [0.15, 0.2) is 0 Å². The average Bonchev–Trinajstić information content (AvgIpc) is 2.59. The molecule has 2 bridgehead atoms. The Balaban J connectivity index is 1.69. The van der Waals surface area contributed by atoms with Crippen LogP contribution in [0.25, 0.3) is 0 Å². The van der Waals surface area contributed by atoms with Crippen molar-refractivity contribution in [1.29, 1.82) is 0 Å². The lowest BCUT2D eigenvalue weighted by Gasteiger charge is -2.45. The first kappa shape index (κ1) is 18.2. The number of carbonyl (C=O) groups is 1. The molecular weight excluding hydrogens is 318 g/mol. The first-order valence-electron chi connectivity index (χ1n) is 9.34. The summed E-state index contributed by atoms with van der Waals surface area (Å²) >= 11 is 0. The van der Waals surface area contributed by atoms with Gasteiger partial charge in [-0.15, -0.1) is 0 Å². The molecule has 2 fully saturated rings. The minimum absolute atomic E-state index is 0.156. The van der Waals surface area contributed by atoms with Crippen LogP contribution in [0.1, 0.15) is 45.1 Å². The number of hydrogen-bond acceptors (Lipinski definition) is 4. The number of amides is 1. The minimum Gasteiger partial charge on any atom is -0.443 e. The van der Waals surface area contributed by atoms with E-state index in [2.05, 4.69) is 19.1 Å². The Hall–Kier alpha value is -1.59. The third-order valence-corrected chi connectivity index (χ3v) is 5.31. The van der Waals surface area contributed by atoms with Gasteiger partial charge in [-0.1, -0.05) is 43.7 Å². The monoisotopic (exact) mass is 347 g/mol. The van der Waals surface area contributed by atoms with E-state index in [0.717, 1.165) is 24.8 Å². The summed E-state index contributed by atoms with van der Waals surface area (Å²) < 4.78 is 11.6. The van der Waals surface area contributed by atoms with Crippen molar-refractivity contribution < 1.29 is 19.4 Å². The maximum atomic E-state index is 12.9. The highest BCUT2D eigenvalue weighted by atomic mass is 16.6. The van der Waals surface area contributed by atoms with Gasteiger partial charge in [-0.3, -0.25) is 0 Å². The molecule has 2 saturated heterocycles. The first-order valence-corrected chi connectivity index (χ1v) is 9.34. The Bertz CT molecular complexity index is 578. The van der Waals surface area contributed by atoms with Gasteiger partial charge in [-0.2, -0.15) is 0 Å². The number of carbonyl (C=O) groups excluding carboxylic acids is 1. The van der Waals surface area contributed by atoms with Crippen molar-refractivity contribution in [2.75, 3.05) is 13.2 Å². The fourth-order valence-electron chi connectivity index (χ4n) is 4.05. The van der Waals surface area contributed by atoms with Gasteiger partial charge in [0.2, 0.25) is 0 Å². The van der Waals surface area contributed by atoms with E-state index in [0.29, 0.717) is 26.0 Å². The van der Waals surface area contributed by atoms with E-state index in [-0.39, 0.29) is 18.2 Å². The number of hydrogen-bond donors (Lipinski definition) is 1. The Labute approximate surface area is 149 Å². The molecule has 1 aromatic rings. The van der Waals surface area contributed by atoms with Crippen molar-refractivity contribution >= 4 is 6.09 Å². The number of fused-ring (bicyclic) bond motifs is 2. The molecule has 3 rings (SSSR count). The van der Waals surface area contributed by atoms with Gasteiger partial charge in [0.25, 0.3) is 0 Å². The molecule has 25 heavy (non-hydrogen) atoms. The molecule has 2 unspecified atom stereocenters. The second kappa shape index (κ2) is 7.75. The molecule has 1 aromatic carbocycles. The van der Waals surface area contributed by atoms with E-state index in [1.807, 2.05) is 25.1 Å². The zero-order chi connectivity index (χ0) is 17.9. The standard InChI is InChI=1S/C20H29NO4/c1-3-10-20(2,13-15-7-5-4-6-8-15)25-19(23)21-11-9-16-12-17(21)18(22)14-24-16/h4-8,16-18,22H,3,9-14H2,1-2H3/t16-,17?,18+,20?/m1/s1. The molecule has 0 aliphatic carbocycles. The molecule has 0 spiro atoms. The molecule has 5 nitrogen and oxygen atoms in total. The van der Waals surface area contributed by atoms with Crippen LogP contribution in [-0.2, 0) is 15.9 Å². The summed E-state index contributed by atoms with van der Waals surface area (Å²) in [6.07, 6.45) is 3.16. The van der Waals surface area contributed by atoms with E-state index < -0.39 is 11.7 Å². The fraction of sp³-hybridized carbons (Fsp3) is 0.650. The summed E-state index contributed by atoms with van der Waals surface area (Å²) in [7, 11) is 0. The molecule has 2 aliphatic rings. The second-order valence-electron chi connectivity index (χ2n) is 7.54. The van der Waals surface area contributed by atoms with Crippen molar-refractivity contribution in [2.24, 2.45) is 0 Å². The number of aliphatic hydroxyl groups is 1. The first-order chi connectivity index (χ1) is 12.0. The van der Waals surface area contributed by atoms with Crippen LogP contribution in [0.3, 0.4) is 0 Å². The molecule has 2 aliphatic heterocycles. The highest BCUT2D eigenvalue weighted by molar-refractivity contribution is 5.69. The van der Waals surface area contributed by atoms with Crippen molar-refractivity contribution in [3.05, 3.63) is 35.9 Å². The van der Waals surface area contributed by atoms with Crippen molar-refractivity contribution in [3.8, 4) is 0 Å². The molecule has 138 valence electrons. The summed E-state index contributed by atoms with van der Waals surface area (Å²) in [5.74, 6) is 0. The summed E-state index contributed by atoms with van der Waals surface area (Å²) in [5.41, 5.74) is 0.622. The number of benzene rings is 1. The summed E-state index contributed by atoms with van der Waals surface area (Å²) in [6, 6.07) is 9.94. The van der Waals surface area contributed by atoms with Crippen LogP contribution in [0, 0.1) is 0 Å². The molecule has 4 atom stereocenters. The van der Waals surface area contributed by atoms with E-state index >= 15 is 0 Å². The maximum absolute atomic E-state index is 12.9.